The van der Waals surface area contributed by atoms with Crippen molar-refractivity contribution in [3.05, 3.63) is 35.4 Å². The van der Waals surface area contributed by atoms with Gasteiger partial charge in [0.1, 0.15) is 17.7 Å². The summed E-state index contributed by atoms with van der Waals surface area (Å²) in [6, 6.07) is 2.99. The highest BCUT2D eigenvalue weighted by Crippen LogP contribution is 2.11. The normalized spacial score (nSPS) is 19.9. The summed E-state index contributed by atoms with van der Waals surface area (Å²) >= 11 is 0. The van der Waals surface area contributed by atoms with E-state index in [4.69, 9.17) is 4.74 Å². The molecule has 0 saturated carbocycles. The van der Waals surface area contributed by atoms with E-state index in [0.29, 0.717) is 18.6 Å². The fourth-order valence-electron chi connectivity index (χ4n) is 1.58. The van der Waals surface area contributed by atoms with Crippen molar-refractivity contribution in [1.82, 2.24) is 5.32 Å². The van der Waals surface area contributed by atoms with Gasteiger partial charge in [-0.25, -0.2) is 8.78 Å². The molecule has 0 bridgehead atoms. The van der Waals surface area contributed by atoms with Crippen LogP contribution in [0.1, 0.15) is 12.0 Å². The number of ether oxygens (including phenoxy) is 1. The minimum Gasteiger partial charge on any atom is -0.464 e. The number of carbonyl (C=O) groups excluding carboxylic acids is 1. The van der Waals surface area contributed by atoms with Crippen LogP contribution in [-0.2, 0) is 16.1 Å². The molecule has 2 rings (SSSR count). The van der Waals surface area contributed by atoms with Gasteiger partial charge in [-0.3, -0.25) is 4.79 Å². The van der Waals surface area contributed by atoms with E-state index in [-0.39, 0.29) is 18.6 Å². The molecule has 1 aliphatic rings. The summed E-state index contributed by atoms with van der Waals surface area (Å²) in [6.07, 6.45) is 0.585. The van der Waals surface area contributed by atoms with Gasteiger partial charge in [0, 0.05) is 24.6 Å². The van der Waals surface area contributed by atoms with E-state index >= 15 is 0 Å². The van der Waals surface area contributed by atoms with Crippen molar-refractivity contribution in [2.45, 2.75) is 19.0 Å². The highest BCUT2D eigenvalue weighted by atomic mass is 19.1. The van der Waals surface area contributed by atoms with Gasteiger partial charge >= 0.3 is 5.97 Å². The van der Waals surface area contributed by atoms with Crippen molar-refractivity contribution in [3.63, 3.8) is 0 Å². The van der Waals surface area contributed by atoms with Crippen molar-refractivity contribution in [2.24, 2.45) is 0 Å². The Morgan fingerprint density at radius 1 is 1.44 bits per heavy atom. The number of rotatable bonds is 3. The number of nitrogens with one attached hydrogen (secondary N) is 1. The van der Waals surface area contributed by atoms with E-state index in [1.165, 1.54) is 12.1 Å². The summed E-state index contributed by atoms with van der Waals surface area (Å²) < 4.78 is 30.6. The summed E-state index contributed by atoms with van der Waals surface area (Å²) in [4.78, 5) is 11.1. The standard InChI is InChI=1S/C11H11F2NO2/c12-8-2-1-7(9(13)5-8)6-14-10-3-4-16-11(10)15/h1-2,5,10,14H,3-4,6H2. The predicted octanol–water partition coefficient (Wildman–Crippen LogP) is 1.37. The molecule has 16 heavy (non-hydrogen) atoms. The van der Waals surface area contributed by atoms with Gasteiger partial charge < -0.3 is 10.1 Å². The number of hydrogen-bond acceptors (Lipinski definition) is 3. The Morgan fingerprint density at radius 2 is 2.25 bits per heavy atom. The zero-order chi connectivity index (χ0) is 11.5. The summed E-state index contributed by atoms with van der Waals surface area (Å²) in [5, 5.41) is 2.87. The number of esters is 1. The molecule has 1 heterocycles. The summed E-state index contributed by atoms with van der Waals surface area (Å²) in [7, 11) is 0. The fraction of sp³-hybridized carbons (Fsp3) is 0.364. The van der Waals surface area contributed by atoms with E-state index in [1.807, 2.05) is 0 Å². The molecule has 86 valence electrons. The lowest BCUT2D eigenvalue weighted by atomic mass is 10.2. The molecule has 0 amide bonds. The van der Waals surface area contributed by atoms with Crippen molar-refractivity contribution < 1.29 is 18.3 Å². The lowest BCUT2D eigenvalue weighted by molar-refractivity contribution is -0.139. The monoisotopic (exact) mass is 227 g/mol. The Hall–Kier alpha value is -1.49. The smallest absolute Gasteiger partial charge is 0.323 e. The molecule has 1 aliphatic heterocycles. The molecular formula is C11H11F2NO2. The second-order valence-corrected chi connectivity index (χ2v) is 3.63. The second kappa shape index (κ2) is 4.57. The van der Waals surface area contributed by atoms with Gasteiger partial charge in [-0.1, -0.05) is 6.07 Å². The Bertz CT molecular complexity index is 409. The molecule has 0 aromatic heterocycles. The molecule has 1 atom stereocenters. The van der Waals surface area contributed by atoms with Crippen LogP contribution in [0, 0.1) is 11.6 Å². The Balaban J connectivity index is 1.96. The molecule has 1 fully saturated rings. The third kappa shape index (κ3) is 2.36. The third-order valence-corrected chi connectivity index (χ3v) is 2.49. The molecule has 1 aromatic rings. The highest BCUT2D eigenvalue weighted by Gasteiger charge is 2.25. The largest absolute Gasteiger partial charge is 0.464 e. The maximum Gasteiger partial charge on any atom is 0.323 e. The van der Waals surface area contributed by atoms with Gasteiger partial charge in [0.2, 0.25) is 0 Å². The molecule has 5 heteroatoms. The highest BCUT2D eigenvalue weighted by molar-refractivity contribution is 5.77. The molecule has 1 N–H and O–H groups in total. The van der Waals surface area contributed by atoms with Crippen LogP contribution >= 0.6 is 0 Å². The van der Waals surface area contributed by atoms with E-state index in [9.17, 15) is 13.6 Å². The average Bonchev–Trinajstić information content (AvgIpc) is 2.63. The van der Waals surface area contributed by atoms with E-state index < -0.39 is 11.6 Å². The second-order valence-electron chi connectivity index (χ2n) is 3.63. The van der Waals surface area contributed by atoms with Crippen molar-refractivity contribution in [1.29, 1.82) is 0 Å². The van der Waals surface area contributed by atoms with Crippen LogP contribution in [0.3, 0.4) is 0 Å². The van der Waals surface area contributed by atoms with Crippen LogP contribution in [0.5, 0.6) is 0 Å². The van der Waals surface area contributed by atoms with Crippen LogP contribution in [0.2, 0.25) is 0 Å². The summed E-state index contributed by atoms with van der Waals surface area (Å²) in [5.41, 5.74) is 0.334. The molecule has 1 saturated heterocycles. The lowest BCUT2D eigenvalue weighted by Crippen LogP contribution is -2.32. The number of hydrogen-bond donors (Lipinski definition) is 1. The maximum absolute atomic E-state index is 13.2. The number of cyclic esters (lactones) is 1. The predicted molar refractivity (Wildman–Crippen MR) is 52.6 cm³/mol. The molecular weight excluding hydrogens is 216 g/mol. The van der Waals surface area contributed by atoms with Gasteiger partial charge in [0.25, 0.3) is 0 Å². The average molecular weight is 227 g/mol. The maximum atomic E-state index is 13.2. The first kappa shape index (κ1) is 11.0. The van der Waals surface area contributed by atoms with Crippen molar-refractivity contribution in [2.75, 3.05) is 6.61 Å². The van der Waals surface area contributed by atoms with E-state index in [0.717, 1.165) is 6.07 Å². The first-order chi connectivity index (χ1) is 7.66. The van der Waals surface area contributed by atoms with Crippen LogP contribution in [-0.4, -0.2) is 18.6 Å². The minimum atomic E-state index is -0.612. The molecule has 0 radical (unpaired) electrons. The SMILES string of the molecule is O=C1OCCC1NCc1ccc(F)cc1F. The van der Waals surface area contributed by atoms with Crippen LogP contribution < -0.4 is 5.32 Å². The summed E-state index contributed by atoms with van der Waals surface area (Å²) in [5.74, 6) is -1.54. The molecule has 3 nitrogen and oxygen atoms in total. The van der Waals surface area contributed by atoms with Crippen LogP contribution in [0.25, 0.3) is 0 Å². The minimum absolute atomic E-state index is 0.186. The zero-order valence-corrected chi connectivity index (χ0v) is 8.50. The number of halogens is 2. The van der Waals surface area contributed by atoms with Gasteiger partial charge in [-0.2, -0.15) is 0 Å². The van der Waals surface area contributed by atoms with E-state index in [2.05, 4.69) is 5.32 Å². The van der Waals surface area contributed by atoms with Gasteiger partial charge in [0.05, 0.1) is 6.61 Å². The van der Waals surface area contributed by atoms with Crippen molar-refractivity contribution in [3.8, 4) is 0 Å². The van der Waals surface area contributed by atoms with Gasteiger partial charge in [-0.15, -0.1) is 0 Å². The molecule has 1 unspecified atom stereocenters. The lowest BCUT2D eigenvalue weighted by Gasteiger charge is -2.09. The number of carbonyl (C=O) groups is 1. The number of benzene rings is 1. The van der Waals surface area contributed by atoms with Crippen molar-refractivity contribution >= 4 is 5.97 Å². The van der Waals surface area contributed by atoms with Gasteiger partial charge in [0.15, 0.2) is 0 Å². The van der Waals surface area contributed by atoms with Crippen LogP contribution in [0.4, 0.5) is 8.78 Å². The van der Waals surface area contributed by atoms with Crippen LogP contribution in [0.15, 0.2) is 18.2 Å². The van der Waals surface area contributed by atoms with Gasteiger partial charge in [-0.05, 0) is 6.07 Å². The topological polar surface area (TPSA) is 38.3 Å². The molecule has 1 aromatic carbocycles. The Kier molecular flexibility index (Phi) is 3.14. The molecule has 0 spiro atoms. The first-order valence-corrected chi connectivity index (χ1v) is 5.01. The Labute approximate surface area is 91.4 Å². The zero-order valence-electron chi connectivity index (χ0n) is 8.50. The fourth-order valence-corrected chi connectivity index (χ4v) is 1.58. The summed E-state index contributed by atoms with van der Waals surface area (Å²) in [6.45, 7) is 0.578. The quantitative estimate of drug-likeness (QED) is 0.792. The Morgan fingerprint density at radius 3 is 2.88 bits per heavy atom. The third-order valence-electron chi connectivity index (χ3n) is 2.49. The first-order valence-electron chi connectivity index (χ1n) is 5.01. The molecule has 0 aliphatic carbocycles. The van der Waals surface area contributed by atoms with E-state index in [1.54, 1.807) is 0 Å².